The smallest absolute Gasteiger partial charge is 0.133 e. The summed E-state index contributed by atoms with van der Waals surface area (Å²) in [5, 5.41) is 5.45. The highest BCUT2D eigenvalue weighted by atomic mass is 16.5. The predicted octanol–water partition coefficient (Wildman–Crippen LogP) is 2.30. The molecule has 0 spiro atoms. The third kappa shape index (κ3) is 2.65. The fourth-order valence-electron chi connectivity index (χ4n) is 1.70. The zero-order chi connectivity index (χ0) is 12.1. The van der Waals surface area contributed by atoms with Gasteiger partial charge in [0.25, 0.3) is 0 Å². The number of hydrogen-bond acceptors (Lipinski definition) is 4. The molecule has 0 fully saturated rings. The van der Waals surface area contributed by atoms with E-state index in [1.54, 1.807) is 20.4 Å². The summed E-state index contributed by atoms with van der Waals surface area (Å²) in [4.78, 5) is 4.33. The third-order valence-corrected chi connectivity index (χ3v) is 2.57. The number of nitrogens with one attached hydrogen (secondary N) is 1. The molecule has 1 aromatic heterocycles. The van der Waals surface area contributed by atoms with E-state index in [9.17, 15) is 0 Å². The van der Waals surface area contributed by atoms with Crippen molar-refractivity contribution in [3.05, 3.63) is 30.5 Å². The molecule has 2 aromatic rings. The van der Waals surface area contributed by atoms with Crippen LogP contribution in [0.2, 0.25) is 0 Å². The van der Waals surface area contributed by atoms with E-state index in [0.717, 1.165) is 28.9 Å². The van der Waals surface area contributed by atoms with Gasteiger partial charge in [-0.05, 0) is 29.7 Å². The van der Waals surface area contributed by atoms with Crippen LogP contribution >= 0.6 is 0 Å². The molecule has 17 heavy (non-hydrogen) atoms. The number of fused-ring (bicyclic) bond motifs is 1. The fraction of sp³-hybridized carbons (Fsp3) is 0.308. The van der Waals surface area contributed by atoms with Gasteiger partial charge in [0.05, 0.1) is 13.7 Å². The standard InChI is InChI=1S/C13H16N2O2/c1-16-8-7-15-13-12-4-3-11(17-2)9-10(12)5-6-14-13/h3-6,9H,7-8H2,1-2H3,(H,14,15). The van der Waals surface area contributed by atoms with Crippen LogP contribution in [-0.4, -0.2) is 32.4 Å². The number of rotatable bonds is 5. The molecule has 0 aliphatic heterocycles. The number of methoxy groups -OCH3 is 2. The van der Waals surface area contributed by atoms with Crippen molar-refractivity contribution >= 4 is 16.6 Å². The van der Waals surface area contributed by atoms with Crippen LogP contribution in [0.1, 0.15) is 0 Å². The van der Waals surface area contributed by atoms with E-state index in [2.05, 4.69) is 10.3 Å². The first kappa shape index (κ1) is 11.7. The van der Waals surface area contributed by atoms with Gasteiger partial charge >= 0.3 is 0 Å². The fourth-order valence-corrected chi connectivity index (χ4v) is 1.70. The maximum Gasteiger partial charge on any atom is 0.133 e. The number of nitrogens with zero attached hydrogens (tertiary/aromatic N) is 1. The molecule has 1 N–H and O–H groups in total. The van der Waals surface area contributed by atoms with Crippen molar-refractivity contribution in [3.8, 4) is 5.75 Å². The zero-order valence-electron chi connectivity index (χ0n) is 10.1. The Bertz CT molecular complexity index is 500. The molecule has 0 atom stereocenters. The number of hydrogen-bond donors (Lipinski definition) is 1. The van der Waals surface area contributed by atoms with E-state index in [0.29, 0.717) is 6.61 Å². The first-order chi connectivity index (χ1) is 8.35. The van der Waals surface area contributed by atoms with Gasteiger partial charge in [0.15, 0.2) is 0 Å². The van der Waals surface area contributed by atoms with E-state index in [4.69, 9.17) is 9.47 Å². The Hall–Kier alpha value is -1.81. The number of benzene rings is 1. The van der Waals surface area contributed by atoms with Crippen LogP contribution in [0.4, 0.5) is 5.82 Å². The van der Waals surface area contributed by atoms with E-state index in [-0.39, 0.29) is 0 Å². The molecular formula is C13H16N2O2. The average molecular weight is 232 g/mol. The van der Waals surface area contributed by atoms with Crippen molar-refractivity contribution < 1.29 is 9.47 Å². The van der Waals surface area contributed by atoms with Crippen molar-refractivity contribution in [3.63, 3.8) is 0 Å². The minimum absolute atomic E-state index is 0.661. The monoisotopic (exact) mass is 232 g/mol. The quantitative estimate of drug-likeness (QED) is 0.803. The third-order valence-electron chi connectivity index (χ3n) is 2.57. The highest BCUT2D eigenvalue weighted by molar-refractivity contribution is 5.92. The lowest BCUT2D eigenvalue weighted by Crippen LogP contribution is -2.08. The summed E-state index contributed by atoms with van der Waals surface area (Å²) in [6, 6.07) is 7.92. The number of anilines is 1. The maximum atomic E-state index is 5.20. The average Bonchev–Trinajstić information content (AvgIpc) is 2.38. The van der Waals surface area contributed by atoms with Crippen molar-refractivity contribution in [1.82, 2.24) is 4.98 Å². The summed E-state index contributed by atoms with van der Waals surface area (Å²) in [5.74, 6) is 1.73. The van der Waals surface area contributed by atoms with Gasteiger partial charge in [0, 0.05) is 25.2 Å². The lowest BCUT2D eigenvalue weighted by atomic mass is 10.1. The van der Waals surface area contributed by atoms with Gasteiger partial charge in [-0.25, -0.2) is 4.98 Å². The van der Waals surface area contributed by atoms with Gasteiger partial charge in [-0.3, -0.25) is 0 Å². The molecule has 1 aromatic carbocycles. The summed E-state index contributed by atoms with van der Waals surface area (Å²) in [7, 11) is 3.35. The SMILES string of the molecule is COCCNc1nccc2cc(OC)ccc12. The van der Waals surface area contributed by atoms with Crippen molar-refractivity contribution in [1.29, 1.82) is 0 Å². The molecule has 0 amide bonds. The highest BCUT2D eigenvalue weighted by Gasteiger charge is 2.02. The second-order valence-corrected chi connectivity index (χ2v) is 3.67. The summed E-state index contributed by atoms with van der Waals surface area (Å²) < 4.78 is 10.2. The molecule has 4 nitrogen and oxygen atoms in total. The van der Waals surface area contributed by atoms with Crippen LogP contribution in [0, 0.1) is 0 Å². The molecule has 4 heteroatoms. The van der Waals surface area contributed by atoms with Gasteiger partial charge in [0.2, 0.25) is 0 Å². The van der Waals surface area contributed by atoms with Gasteiger partial charge in [-0.1, -0.05) is 0 Å². The van der Waals surface area contributed by atoms with Crippen LogP contribution < -0.4 is 10.1 Å². The van der Waals surface area contributed by atoms with Crippen LogP contribution in [-0.2, 0) is 4.74 Å². The van der Waals surface area contributed by atoms with Crippen LogP contribution in [0.3, 0.4) is 0 Å². The second kappa shape index (κ2) is 5.50. The number of aromatic nitrogens is 1. The largest absolute Gasteiger partial charge is 0.497 e. The van der Waals surface area contributed by atoms with Crippen LogP contribution in [0.15, 0.2) is 30.5 Å². The molecule has 90 valence electrons. The molecule has 0 bridgehead atoms. The molecule has 0 aliphatic rings. The van der Waals surface area contributed by atoms with E-state index in [1.165, 1.54) is 0 Å². The lowest BCUT2D eigenvalue weighted by molar-refractivity contribution is 0.210. The Morgan fingerprint density at radius 1 is 1.24 bits per heavy atom. The normalized spacial score (nSPS) is 10.5. The first-order valence-corrected chi connectivity index (χ1v) is 5.50. The Labute approximate surface area is 101 Å². The Morgan fingerprint density at radius 2 is 2.12 bits per heavy atom. The summed E-state index contributed by atoms with van der Waals surface area (Å²) in [5.41, 5.74) is 0. The van der Waals surface area contributed by atoms with Gasteiger partial charge in [-0.2, -0.15) is 0 Å². The second-order valence-electron chi connectivity index (χ2n) is 3.67. The number of ether oxygens (including phenoxy) is 2. The van der Waals surface area contributed by atoms with Gasteiger partial charge in [-0.15, -0.1) is 0 Å². The minimum Gasteiger partial charge on any atom is -0.497 e. The van der Waals surface area contributed by atoms with Crippen LogP contribution in [0.25, 0.3) is 10.8 Å². The zero-order valence-corrected chi connectivity index (χ0v) is 10.1. The van der Waals surface area contributed by atoms with E-state index >= 15 is 0 Å². The summed E-state index contributed by atoms with van der Waals surface area (Å²) >= 11 is 0. The molecule has 0 radical (unpaired) electrons. The van der Waals surface area contributed by atoms with Crippen molar-refractivity contribution in [2.24, 2.45) is 0 Å². The van der Waals surface area contributed by atoms with Crippen LogP contribution in [0.5, 0.6) is 5.75 Å². The molecule has 0 unspecified atom stereocenters. The maximum absolute atomic E-state index is 5.20. The molecule has 0 saturated heterocycles. The topological polar surface area (TPSA) is 43.4 Å². The molecule has 0 saturated carbocycles. The van der Waals surface area contributed by atoms with Gasteiger partial charge < -0.3 is 14.8 Å². The number of pyridine rings is 1. The molecule has 0 aliphatic carbocycles. The van der Waals surface area contributed by atoms with E-state index < -0.39 is 0 Å². The van der Waals surface area contributed by atoms with E-state index in [1.807, 2.05) is 24.3 Å². The Balaban J connectivity index is 2.30. The van der Waals surface area contributed by atoms with Crippen molar-refractivity contribution in [2.75, 3.05) is 32.7 Å². The summed E-state index contributed by atoms with van der Waals surface area (Å²) in [6.07, 6.45) is 1.79. The molecular weight excluding hydrogens is 216 g/mol. The Morgan fingerprint density at radius 3 is 2.88 bits per heavy atom. The Kier molecular flexibility index (Phi) is 3.77. The summed E-state index contributed by atoms with van der Waals surface area (Å²) in [6.45, 7) is 1.41. The molecule has 2 rings (SSSR count). The molecule has 1 heterocycles. The van der Waals surface area contributed by atoms with Gasteiger partial charge in [0.1, 0.15) is 11.6 Å². The minimum atomic E-state index is 0.661. The first-order valence-electron chi connectivity index (χ1n) is 5.50. The van der Waals surface area contributed by atoms with Crippen molar-refractivity contribution in [2.45, 2.75) is 0 Å². The predicted molar refractivity (Wildman–Crippen MR) is 68.7 cm³/mol. The highest BCUT2D eigenvalue weighted by Crippen LogP contribution is 2.24. The lowest BCUT2D eigenvalue weighted by Gasteiger charge is -2.09.